The molecule has 0 bridgehead atoms. The maximum atomic E-state index is 12.3. The van der Waals surface area contributed by atoms with E-state index in [0.717, 1.165) is 39.1 Å². The Labute approximate surface area is 150 Å². The molecule has 0 aromatic heterocycles. The van der Waals surface area contributed by atoms with E-state index in [2.05, 4.69) is 15.5 Å². The molecule has 0 unspecified atom stereocenters. The summed E-state index contributed by atoms with van der Waals surface area (Å²) in [7, 11) is 0. The summed E-state index contributed by atoms with van der Waals surface area (Å²) in [5, 5.41) is 6.02. The van der Waals surface area contributed by atoms with Crippen LogP contribution in [-0.2, 0) is 4.79 Å². The van der Waals surface area contributed by atoms with Crippen molar-refractivity contribution in [1.82, 2.24) is 15.5 Å². The van der Waals surface area contributed by atoms with Crippen LogP contribution < -0.4 is 20.1 Å². The number of carbonyl (C=O) groups excluding carboxylic acids is 1. The summed E-state index contributed by atoms with van der Waals surface area (Å²) in [6, 6.07) is 5.96. The number of nitrogens with zero attached hydrogens (tertiary/aromatic N) is 1. The van der Waals surface area contributed by atoms with Gasteiger partial charge in [0.15, 0.2) is 24.7 Å². The highest BCUT2D eigenvalue weighted by molar-refractivity contribution is 5.77. The molecule has 2 rings (SSSR count). The third-order valence-corrected chi connectivity index (χ3v) is 3.78. The van der Waals surface area contributed by atoms with Crippen LogP contribution in [0.2, 0.25) is 0 Å². The fourth-order valence-corrected chi connectivity index (χ4v) is 2.51. The zero-order chi connectivity index (χ0) is 18.8. The molecule has 1 aromatic carbocycles. The number of carbonyl (C=O) groups is 1. The maximum absolute atomic E-state index is 12.3. The molecule has 1 amide bonds. The molecule has 1 heterocycles. The van der Waals surface area contributed by atoms with Crippen LogP contribution in [0, 0.1) is 0 Å². The largest absolute Gasteiger partial charge is 0.480 e. The van der Waals surface area contributed by atoms with Crippen LogP contribution in [0.1, 0.15) is 6.42 Å². The lowest BCUT2D eigenvalue weighted by atomic mass is 10.3. The molecule has 1 saturated heterocycles. The number of para-hydroxylation sites is 2. The van der Waals surface area contributed by atoms with E-state index in [-0.39, 0.29) is 24.0 Å². The van der Waals surface area contributed by atoms with Gasteiger partial charge in [-0.1, -0.05) is 12.1 Å². The van der Waals surface area contributed by atoms with Crippen LogP contribution >= 0.6 is 0 Å². The molecule has 1 aliphatic heterocycles. The molecule has 0 radical (unpaired) electrons. The van der Waals surface area contributed by atoms with Crippen molar-refractivity contribution in [2.75, 3.05) is 52.5 Å². The summed E-state index contributed by atoms with van der Waals surface area (Å²) in [5.74, 6) is -0.264. The minimum Gasteiger partial charge on any atom is -0.480 e. The first-order chi connectivity index (χ1) is 12.4. The summed E-state index contributed by atoms with van der Waals surface area (Å²) in [6.45, 7) is 3.73. The van der Waals surface area contributed by atoms with E-state index >= 15 is 0 Å². The molecule has 0 aliphatic carbocycles. The van der Waals surface area contributed by atoms with Crippen molar-refractivity contribution in [3.63, 3.8) is 0 Å². The molecule has 0 saturated carbocycles. The molecule has 146 valence electrons. The Hall–Kier alpha value is -2.00. The van der Waals surface area contributed by atoms with Gasteiger partial charge in [-0.2, -0.15) is 13.2 Å². The zero-order valence-corrected chi connectivity index (χ0v) is 14.5. The minimum absolute atomic E-state index is 0.0451. The van der Waals surface area contributed by atoms with Crippen LogP contribution in [0.15, 0.2) is 24.3 Å². The Bertz CT molecular complexity index is 564. The Morgan fingerprint density at radius 1 is 1.15 bits per heavy atom. The molecule has 0 atom stereocenters. The quantitative estimate of drug-likeness (QED) is 0.640. The van der Waals surface area contributed by atoms with Crippen molar-refractivity contribution < 1.29 is 27.4 Å². The maximum Gasteiger partial charge on any atom is 0.422 e. The SMILES string of the molecule is O=C(COc1ccccc1OCC(F)(F)F)NCCCN1CCNCC1. The van der Waals surface area contributed by atoms with E-state index in [4.69, 9.17) is 9.47 Å². The highest BCUT2D eigenvalue weighted by atomic mass is 19.4. The third kappa shape index (κ3) is 7.92. The van der Waals surface area contributed by atoms with E-state index < -0.39 is 12.8 Å². The lowest BCUT2D eigenvalue weighted by molar-refractivity contribution is -0.153. The average Bonchev–Trinajstić information content (AvgIpc) is 2.63. The summed E-state index contributed by atoms with van der Waals surface area (Å²) in [4.78, 5) is 14.1. The van der Waals surface area contributed by atoms with Crippen molar-refractivity contribution in [2.24, 2.45) is 0 Å². The van der Waals surface area contributed by atoms with Crippen molar-refractivity contribution in [2.45, 2.75) is 12.6 Å². The normalized spacial score (nSPS) is 15.5. The summed E-state index contributed by atoms with van der Waals surface area (Å²) < 4.78 is 46.8. The van der Waals surface area contributed by atoms with E-state index in [1.54, 1.807) is 6.07 Å². The second-order valence-corrected chi connectivity index (χ2v) is 5.93. The van der Waals surface area contributed by atoms with E-state index in [9.17, 15) is 18.0 Å². The number of benzene rings is 1. The predicted molar refractivity (Wildman–Crippen MR) is 90.4 cm³/mol. The first-order valence-electron chi connectivity index (χ1n) is 8.55. The van der Waals surface area contributed by atoms with Gasteiger partial charge >= 0.3 is 6.18 Å². The van der Waals surface area contributed by atoms with Crippen LogP contribution in [0.5, 0.6) is 11.5 Å². The van der Waals surface area contributed by atoms with E-state index in [1.807, 2.05) is 0 Å². The van der Waals surface area contributed by atoms with Gasteiger partial charge in [0.2, 0.25) is 0 Å². The van der Waals surface area contributed by atoms with Crippen molar-refractivity contribution in [3.8, 4) is 11.5 Å². The molecule has 26 heavy (non-hydrogen) atoms. The zero-order valence-electron chi connectivity index (χ0n) is 14.5. The number of rotatable bonds is 9. The summed E-state index contributed by atoms with van der Waals surface area (Å²) in [5.41, 5.74) is 0. The highest BCUT2D eigenvalue weighted by Crippen LogP contribution is 2.28. The number of hydrogen-bond donors (Lipinski definition) is 2. The summed E-state index contributed by atoms with van der Waals surface area (Å²) in [6.07, 6.45) is -3.61. The van der Waals surface area contributed by atoms with Gasteiger partial charge in [-0.3, -0.25) is 4.79 Å². The monoisotopic (exact) mass is 375 g/mol. The topological polar surface area (TPSA) is 62.8 Å². The lowest BCUT2D eigenvalue weighted by Crippen LogP contribution is -2.44. The average molecular weight is 375 g/mol. The minimum atomic E-state index is -4.44. The molecule has 9 heteroatoms. The molecule has 1 aliphatic rings. The second-order valence-electron chi connectivity index (χ2n) is 5.93. The predicted octanol–water partition coefficient (Wildman–Crippen LogP) is 1.42. The van der Waals surface area contributed by atoms with Gasteiger partial charge in [0.25, 0.3) is 5.91 Å². The number of hydrogen-bond acceptors (Lipinski definition) is 5. The number of nitrogens with one attached hydrogen (secondary N) is 2. The Morgan fingerprint density at radius 3 is 2.46 bits per heavy atom. The van der Waals surface area contributed by atoms with E-state index in [1.165, 1.54) is 18.2 Å². The van der Waals surface area contributed by atoms with Gasteiger partial charge in [-0.15, -0.1) is 0 Å². The first-order valence-corrected chi connectivity index (χ1v) is 8.55. The number of halogens is 3. The van der Waals surface area contributed by atoms with Crippen LogP contribution in [0.3, 0.4) is 0 Å². The lowest BCUT2D eigenvalue weighted by Gasteiger charge is -2.27. The van der Waals surface area contributed by atoms with E-state index in [0.29, 0.717) is 6.54 Å². The summed E-state index contributed by atoms with van der Waals surface area (Å²) >= 11 is 0. The highest BCUT2D eigenvalue weighted by Gasteiger charge is 2.29. The Morgan fingerprint density at radius 2 is 1.81 bits per heavy atom. The van der Waals surface area contributed by atoms with Crippen LogP contribution in [0.25, 0.3) is 0 Å². The fraction of sp³-hybridized carbons (Fsp3) is 0.588. The molecule has 0 spiro atoms. The molecule has 1 fully saturated rings. The second kappa shape index (κ2) is 10.2. The van der Waals surface area contributed by atoms with Gasteiger partial charge in [0, 0.05) is 32.7 Å². The van der Waals surface area contributed by atoms with Gasteiger partial charge in [0.1, 0.15) is 0 Å². The van der Waals surface area contributed by atoms with Crippen molar-refractivity contribution in [3.05, 3.63) is 24.3 Å². The number of amides is 1. The van der Waals surface area contributed by atoms with Gasteiger partial charge < -0.3 is 25.0 Å². The van der Waals surface area contributed by atoms with Gasteiger partial charge in [0.05, 0.1) is 0 Å². The Balaban J connectivity index is 1.66. The number of ether oxygens (including phenoxy) is 2. The Kier molecular flexibility index (Phi) is 7.99. The van der Waals surface area contributed by atoms with Gasteiger partial charge in [-0.05, 0) is 25.1 Å². The third-order valence-electron chi connectivity index (χ3n) is 3.78. The molecule has 6 nitrogen and oxygen atoms in total. The molecular formula is C17H24F3N3O3. The van der Waals surface area contributed by atoms with Crippen molar-refractivity contribution in [1.29, 1.82) is 0 Å². The standard InChI is InChI=1S/C17H24F3N3O3/c18-17(19,20)13-26-15-5-2-1-4-14(15)25-12-16(24)22-6-3-9-23-10-7-21-8-11-23/h1-2,4-5,21H,3,6-13H2,(H,22,24). The van der Waals surface area contributed by atoms with Crippen LogP contribution in [-0.4, -0.2) is 69.5 Å². The number of alkyl halides is 3. The fourth-order valence-electron chi connectivity index (χ4n) is 2.51. The molecule has 2 N–H and O–H groups in total. The van der Waals surface area contributed by atoms with Gasteiger partial charge in [-0.25, -0.2) is 0 Å². The molecule has 1 aromatic rings. The smallest absolute Gasteiger partial charge is 0.422 e. The van der Waals surface area contributed by atoms with Crippen LogP contribution in [0.4, 0.5) is 13.2 Å². The van der Waals surface area contributed by atoms with Crippen molar-refractivity contribution >= 4 is 5.91 Å². The first kappa shape index (κ1) is 20.3. The number of piperazine rings is 1. The molecular weight excluding hydrogens is 351 g/mol.